The van der Waals surface area contributed by atoms with E-state index >= 15 is 0 Å². The number of nitrogens with zero attached hydrogens (tertiary/aromatic N) is 3. The Kier molecular flexibility index (Phi) is 3.37. The zero-order valence-electron chi connectivity index (χ0n) is 14.3. The summed E-state index contributed by atoms with van der Waals surface area (Å²) in [6.07, 6.45) is 3.17. The zero-order valence-corrected chi connectivity index (χ0v) is 15.8. The molecular weight excluding hydrogens is 363 g/mol. The molecule has 0 bridgehead atoms. The van der Waals surface area contributed by atoms with Gasteiger partial charge in [0.05, 0.1) is 24.2 Å². The maximum atomic E-state index is 6.33. The number of ether oxygens (including phenoxy) is 2. The smallest absolute Gasteiger partial charge is 0.164 e. The number of anilines is 1. The molecule has 2 aromatic rings. The molecule has 0 radical (unpaired) electrons. The van der Waals surface area contributed by atoms with E-state index in [4.69, 9.17) is 32.7 Å². The van der Waals surface area contributed by atoms with Crippen molar-refractivity contribution in [3.8, 4) is 0 Å². The Balaban J connectivity index is 1.62. The Labute approximate surface area is 155 Å². The zero-order chi connectivity index (χ0) is 17.5. The van der Waals surface area contributed by atoms with Crippen LogP contribution in [0.5, 0.6) is 0 Å². The average molecular weight is 383 g/mol. The lowest BCUT2D eigenvalue weighted by Gasteiger charge is -2.24. The number of aromatic nitrogens is 3. The molecule has 1 saturated heterocycles. The maximum absolute atomic E-state index is 6.33. The Morgan fingerprint density at radius 2 is 2.04 bits per heavy atom. The lowest BCUT2D eigenvalue weighted by molar-refractivity contribution is -0.156. The third-order valence-electron chi connectivity index (χ3n) is 5.54. The topological polar surface area (TPSA) is 61.2 Å². The first-order valence-corrected chi connectivity index (χ1v) is 9.48. The van der Waals surface area contributed by atoms with E-state index < -0.39 is 5.79 Å². The van der Waals surface area contributed by atoms with Gasteiger partial charge in [0, 0.05) is 6.54 Å². The van der Waals surface area contributed by atoms with E-state index in [9.17, 15) is 0 Å². The van der Waals surface area contributed by atoms with Crippen LogP contribution in [-0.4, -0.2) is 39.1 Å². The quantitative estimate of drug-likeness (QED) is 0.816. The summed E-state index contributed by atoms with van der Waals surface area (Å²) in [7, 11) is 0. The van der Waals surface area contributed by atoms with Gasteiger partial charge in [-0.25, -0.2) is 9.97 Å². The van der Waals surface area contributed by atoms with Gasteiger partial charge in [-0.1, -0.05) is 23.2 Å². The normalized spacial score (nSPS) is 35.0. The van der Waals surface area contributed by atoms with Gasteiger partial charge in [-0.3, -0.25) is 0 Å². The summed E-state index contributed by atoms with van der Waals surface area (Å²) in [6.45, 7) is 6.69. The highest BCUT2D eigenvalue weighted by Gasteiger charge is 2.66. The maximum Gasteiger partial charge on any atom is 0.164 e. The van der Waals surface area contributed by atoms with E-state index in [2.05, 4.69) is 19.9 Å². The van der Waals surface area contributed by atoms with Gasteiger partial charge in [0.15, 0.2) is 16.6 Å². The molecule has 8 heteroatoms. The Hall–Kier alpha value is -1.08. The molecule has 5 atom stereocenters. The molecule has 2 aromatic heterocycles. The van der Waals surface area contributed by atoms with Crippen LogP contribution in [0.4, 0.5) is 5.69 Å². The summed E-state index contributed by atoms with van der Waals surface area (Å²) >= 11 is 12.6. The minimum absolute atomic E-state index is 0.0231. The number of halogens is 2. The van der Waals surface area contributed by atoms with Crippen LogP contribution in [0.15, 0.2) is 6.33 Å². The van der Waals surface area contributed by atoms with Gasteiger partial charge < -0.3 is 19.4 Å². The van der Waals surface area contributed by atoms with Crippen LogP contribution in [0, 0.1) is 11.8 Å². The summed E-state index contributed by atoms with van der Waals surface area (Å²) in [5, 5.41) is 3.96. The molecule has 0 aromatic carbocycles. The van der Waals surface area contributed by atoms with Crippen molar-refractivity contribution >= 4 is 40.1 Å². The lowest BCUT2D eigenvalue weighted by Crippen LogP contribution is -2.30. The molecule has 0 amide bonds. The largest absolute Gasteiger partial charge is 0.382 e. The summed E-state index contributed by atoms with van der Waals surface area (Å²) in [4.78, 5) is 9.11. The third kappa shape index (κ3) is 2.24. The van der Waals surface area contributed by atoms with Crippen LogP contribution in [0.3, 0.4) is 0 Å². The van der Waals surface area contributed by atoms with Gasteiger partial charge in [-0.2, -0.15) is 0 Å². The molecule has 0 unspecified atom stereocenters. The fourth-order valence-corrected chi connectivity index (χ4v) is 4.95. The third-order valence-corrected chi connectivity index (χ3v) is 6.27. The minimum Gasteiger partial charge on any atom is -0.382 e. The van der Waals surface area contributed by atoms with Crippen LogP contribution in [0.2, 0.25) is 10.2 Å². The highest BCUT2D eigenvalue weighted by Crippen LogP contribution is 2.63. The van der Waals surface area contributed by atoms with Gasteiger partial charge >= 0.3 is 0 Å². The first-order chi connectivity index (χ1) is 11.9. The van der Waals surface area contributed by atoms with Crippen LogP contribution in [-0.2, 0) is 9.47 Å². The highest BCUT2D eigenvalue weighted by molar-refractivity contribution is 6.44. The van der Waals surface area contributed by atoms with Crippen molar-refractivity contribution in [1.82, 2.24) is 14.5 Å². The summed E-state index contributed by atoms with van der Waals surface area (Å²) in [5.41, 5.74) is 2.23. The molecule has 1 aliphatic heterocycles. The van der Waals surface area contributed by atoms with E-state index in [-0.39, 0.29) is 23.4 Å². The fraction of sp³-hybridized carbons (Fsp3) is 0.647. The number of rotatable bonds is 3. The second-order valence-corrected chi connectivity index (χ2v) is 8.30. The highest BCUT2D eigenvalue weighted by atomic mass is 35.5. The number of imidazole rings is 1. The molecule has 5 rings (SSSR count). The second-order valence-electron chi connectivity index (χ2n) is 7.56. The Morgan fingerprint density at radius 3 is 2.80 bits per heavy atom. The van der Waals surface area contributed by atoms with E-state index in [1.807, 2.05) is 27.1 Å². The number of hydrogen-bond acceptors (Lipinski definition) is 5. The van der Waals surface area contributed by atoms with Crippen molar-refractivity contribution in [3.63, 3.8) is 0 Å². The van der Waals surface area contributed by atoms with E-state index in [0.717, 1.165) is 29.8 Å². The first kappa shape index (κ1) is 16.1. The van der Waals surface area contributed by atoms with Crippen molar-refractivity contribution in [1.29, 1.82) is 0 Å². The van der Waals surface area contributed by atoms with Gasteiger partial charge in [0.2, 0.25) is 0 Å². The van der Waals surface area contributed by atoms with Crippen LogP contribution in [0.1, 0.15) is 33.2 Å². The molecule has 25 heavy (non-hydrogen) atoms. The SMILES string of the molecule is CCNc1c(Cl)c(Cl)nc2c1ncn2[C@@H]1[C@H]2C[C@H]2[C@H]2OC(C)(C)O[C@H]21. The standard InChI is InChI=1S/C17H20Cl2N4O2/c1-4-20-10-9(18)15(19)22-16-11(10)21-6-23(16)12-7-5-8(7)13-14(12)25-17(2,3)24-13/h6-8,12-14H,4-5H2,1-3H3,(H,20,22)/t7-,8+,12+,13+,14-/m0/s1. The lowest BCUT2D eigenvalue weighted by atomic mass is 10.1. The van der Waals surface area contributed by atoms with Gasteiger partial charge in [-0.15, -0.1) is 0 Å². The van der Waals surface area contributed by atoms with Crippen LogP contribution >= 0.6 is 23.2 Å². The first-order valence-electron chi connectivity index (χ1n) is 8.72. The molecule has 0 spiro atoms. The predicted molar refractivity (Wildman–Crippen MR) is 96.2 cm³/mol. The molecule has 134 valence electrons. The predicted octanol–water partition coefficient (Wildman–Crippen LogP) is 3.88. The van der Waals surface area contributed by atoms with Gasteiger partial charge in [-0.05, 0) is 39.0 Å². The summed E-state index contributed by atoms with van der Waals surface area (Å²) in [6, 6.07) is 0.168. The molecule has 3 aliphatic rings. The average Bonchev–Trinajstić information content (AvgIpc) is 2.99. The molecule has 6 nitrogen and oxygen atoms in total. The molecule has 3 heterocycles. The van der Waals surface area contributed by atoms with Gasteiger partial charge in [0.1, 0.15) is 16.6 Å². The number of fused-ring (bicyclic) bond motifs is 4. The van der Waals surface area contributed by atoms with Crippen LogP contribution < -0.4 is 5.32 Å². The van der Waals surface area contributed by atoms with E-state index in [0.29, 0.717) is 16.9 Å². The Bertz CT molecular complexity index is 868. The Morgan fingerprint density at radius 1 is 1.28 bits per heavy atom. The minimum atomic E-state index is -0.541. The molecule has 2 aliphatic carbocycles. The molecule has 3 fully saturated rings. The van der Waals surface area contributed by atoms with E-state index in [1.54, 1.807) is 0 Å². The van der Waals surface area contributed by atoms with Gasteiger partial charge in [0.25, 0.3) is 0 Å². The molecule has 2 saturated carbocycles. The van der Waals surface area contributed by atoms with Crippen molar-refractivity contribution in [2.24, 2.45) is 11.8 Å². The second kappa shape index (κ2) is 5.22. The van der Waals surface area contributed by atoms with Crippen molar-refractivity contribution < 1.29 is 9.47 Å². The summed E-state index contributed by atoms with van der Waals surface area (Å²) in [5.74, 6) is 0.563. The number of pyridine rings is 1. The van der Waals surface area contributed by atoms with Crippen molar-refractivity contribution in [3.05, 3.63) is 16.5 Å². The summed E-state index contributed by atoms with van der Waals surface area (Å²) < 4.78 is 14.5. The van der Waals surface area contributed by atoms with Crippen molar-refractivity contribution in [2.75, 3.05) is 11.9 Å². The monoisotopic (exact) mass is 382 g/mol. The van der Waals surface area contributed by atoms with Crippen LogP contribution in [0.25, 0.3) is 11.2 Å². The number of nitrogens with one attached hydrogen (secondary N) is 1. The number of hydrogen-bond donors (Lipinski definition) is 1. The van der Waals surface area contributed by atoms with E-state index in [1.165, 1.54) is 0 Å². The fourth-order valence-electron chi connectivity index (χ4n) is 4.57. The van der Waals surface area contributed by atoms with Crippen molar-refractivity contribution in [2.45, 2.75) is 51.2 Å². The molecule has 1 N–H and O–H groups in total. The molecular formula is C17H20Cl2N4O2.